The molecule has 3 heterocycles. The number of benzene rings is 1. The minimum Gasteiger partial charge on any atom is -0.481 e. The highest BCUT2D eigenvalue weighted by molar-refractivity contribution is 14.1. The number of carbonyl (C=O) groups is 4. The third-order valence-electron chi connectivity index (χ3n) is 6.61. The molecule has 0 unspecified atom stereocenters. The van der Waals surface area contributed by atoms with E-state index in [4.69, 9.17) is 10.2 Å². The number of aliphatic carboxylic acids is 2. The lowest BCUT2D eigenvalue weighted by Crippen LogP contribution is -2.03. The minimum absolute atomic E-state index is 0.0943. The third kappa shape index (κ3) is 6.60. The molecule has 0 atom stereocenters. The first kappa shape index (κ1) is 28.9. The van der Waals surface area contributed by atoms with E-state index in [1.165, 1.54) is 0 Å². The molecule has 0 bridgehead atoms. The van der Waals surface area contributed by atoms with E-state index in [-0.39, 0.29) is 18.7 Å². The Morgan fingerprint density at radius 2 is 1.42 bits per heavy atom. The lowest BCUT2D eigenvalue weighted by atomic mass is 10.0. The van der Waals surface area contributed by atoms with Crippen LogP contribution < -0.4 is 5.32 Å². The van der Waals surface area contributed by atoms with Crippen molar-refractivity contribution in [3.05, 3.63) is 72.4 Å². The van der Waals surface area contributed by atoms with E-state index >= 15 is 0 Å². The van der Waals surface area contributed by atoms with Crippen molar-refractivity contribution in [1.29, 1.82) is 0 Å². The molecular formula is C28H30IN3O6. The average molecular weight is 631 g/mol. The molecule has 200 valence electrons. The number of carboxylic acid groups (broad SMARTS) is 2. The summed E-state index contributed by atoms with van der Waals surface area (Å²) in [5, 5.41) is 20.3. The summed E-state index contributed by atoms with van der Waals surface area (Å²) >= 11 is 2.22. The fourth-order valence-electron chi connectivity index (χ4n) is 4.55. The van der Waals surface area contributed by atoms with Gasteiger partial charge in [0.25, 0.3) is 5.91 Å². The van der Waals surface area contributed by atoms with Gasteiger partial charge in [-0.1, -0.05) is 0 Å². The largest absolute Gasteiger partial charge is 0.481 e. The highest BCUT2D eigenvalue weighted by atomic mass is 127. The number of hydrogen-bond acceptors (Lipinski definition) is 4. The van der Waals surface area contributed by atoms with Gasteiger partial charge in [-0.25, -0.2) is 0 Å². The number of aldehydes is 1. The Morgan fingerprint density at radius 1 is 0.895 bits per heavy atom. The molecule has 10 heteroatoms. The molecule has 9 nitrogen and oxygen atoms in total. The van der Waals surface area contributed by atoms with Crippen molar-refractivity contribution in [1.82, 2.24) is 9.97 Å². The van der Waals surface area contributed by atoms with E-state index in [1.807, 2.05) is 52.0 Å². The van der Waals surface area contributed by atoms with Crippen molar-refractivity contribution in [3.63, 3.8) is 0 Å². The van der Waals surface area contributed by atoms with Gasteiger partial charge in [-0.15, -0.1) is 0 Å². The number of halogens is 1. The maximum atomic E-state index is 12.3. The van der Waals surface area contributed by atoms with Crippen LogP contribution in [0.4, 0.5) is 5.69 Å². The van der Waals surface area contributed by atoms with Crippen LogP contribution in [0, 0.1) is 31.3 Å². The van der Waals surface area contributed by atoms with Crippen LogP contribution in [0.2, 0.25) is 0 Å². The molecule has 1 amide bonds. The predicted octanol–water partition coefficient (Wildman–Crippen LogP) is 5.21. The molecule has 0 aliphatic carbocycles. The van der Waals surface area contributed by atoms with Crippen LogP contribution in [0.5, 0.6) is 0 Å². The lowest BCUT2D eigenvalue weighted by Gasteiger charge is -2.01. The molecule has 1 aromatic carbocycles. The van der Waals surface area contributed by atoms with E-state index in [0.29, 0.717) is 24.1 Å². The van der Waals surface area contributed by atoms with Gasteiger partial charge in [0.1, 0.15) is 0 Å². The van der Waals surface area contributed by atoms with Crippen molar-refractivity contribution < 1.29 is 29.4 Å². The Hall–Kier alpha value is -3.67. The van der Waals surface area contributed by atoms with Crippen molar-refractivity contribution in [2.75, 3.05) is 5.32 Å². The Balaban J connectivity index is 0.000000244. The van der Waals surface area contributed by atoms with Crippen LogP contribution in [0.25, 0.3) is 11.6 Å². The highest BCUT2D eigenvalue weighted by Gasteiger charge is 2.25. The van der Waals surface area contributed by atoms with E-state index in [0.717, 1.165) is 60.4 Å². The minimum atomic E-state index is -0.822. The molecule has 1 aliphatic rings. The molecule has 38 heavy (non-hydrogen) atoms. The Morgan fingerprint density at radius 3 is 1.92 bits per heavy atom. The number of aryl methyl sites for hydroxylation is 2. The second-order valence-electron chi connectivity index (χ2n) is 9.14. The molecule has 0 saturated heterocycles. The first-order chi connectivity index (χ1) is 17.9. The molecule has 0 radical (unpaired) electrons. The Labute approximate surface area is 233 Å². The summed E-state index contributed by atoms with van der Waals surface area (Å²) in [6, 6.07) is 5.84. The number of aromatic amines is 2. The number of carboxylic acids is 2. The first-order valence-corrected chi connectivity index (χ1v) is 13.1. The van der Waals surface area contributed by atoms with E-state index < -0.39 is 11.9 Å². The van der Waals surface area contributed by atoms with Crippen molar-refractivity contribution in [2.45, 2.75) is 53.4 Å². The van der Waals surface area contributed by atoms with Crippen molar-refractivity contribution in [2.24, 2.45) is 0 Å². The first-order valence-electron chi connectivity index (χ1n) is 12.0. The van der Waals surface area contributed by atoms with E-state index in [9.17, 15) is 19.2 Å². The number of carbonyl (C=O) groups excluding carboxylic acids is 2. The zero-order valence-electron chi connectivity index (χ0n) is 21.6. The number of aromatic nitrogens is 2. The van der Waals surface area contributed by atoms with Gasteiger partial charge in [-0.05, 0) is 110 Å². The summed E-state index contributed by atoms with van der Waals surface area (Å²) in [5.41, 5.74) is 9.36. The zero-order chi connectivity index (χ0) is 28.1. The number of nitrogens with one attached hydrogen (secondary N) is 3. The molecule has 1 aliphatic heterocycles. The van der Waals surface area contributed by atoms with Gasteiger partial charge in [-0.3, -0.25) is 19.2 Å². The summed E-state index contributed by atoms with van der Waals surface area (Å²) in [7, 11) is 0. The summed E-state index contributed by atoms with van der Waals surface area (Å²) < 4.78 is 1.07. The van der Waals surface area contributed by atoms with Gasteiger partial charge >= 0.3 is 11.9 Å². The summed E-state index contributed by atoms with van der Waals surface area (Å²) in [6.07, 6.45) is 3.75. The van der Waals surface area contributed by atoms with Crippen LogP contribution >= 0.6 is 22.6 Å². The van der Waals surface area contributed by atoms with E-state index in [1.54, 1.807) is 0 Å². The summed E-state index contributed by atoms with van der Waals surface area (Å²) in [5.74, 6) is -1.75. The second-order valence-corrected chi connectivity index (χ2v) is 10.4. The van der Waals surface area contributed by atoms with Crippen LogP contribution in [0.3, 0.4) is 0 Å². The molecule has 2 aromatic heterocycles. The fraction of sp³-hybridized carbons (Fsp3) is 0.286. The molecule has 5 N–H and O–H groups in total. The molecular weight excluding hydrogens is 601 g/mol. The quantitative estimate of drug-likeness (QED) is 0.131. The Bertz CT molecular complexity index is 1450. The van der Waals surface area contributed by atoms with Crippen molar-refractivity contribution in [3.8, 4) is 0 Å². The smallest absolute Gasteiger partial charge is 0.303 e. The second kappa shape index (κ2) is 12.2. The van der Waals surface area contributed by atoms with Gasteiger partial charge < -0.3 is 25.5 Å². The van der Waals surface area contributed by atoms with E-state index in [2.05, 4.69) is 37.9 Å². The molecule has 0 saturated carbocycles. The molecule has 0 spiro atoms. The maximum Gasteiger partial charge on any atom is 0.303 e. The third-order valence-corrected chi connectivity index (χ3v) is 7.28. The number of rotatable bonds is 8. The van der Waals surface area contributed by atoms with Crippen LogP contribution in [-0.4, -0.2) is 44.3 Å². The SMILES string of the molecule is Cc1[nH]c(/C=C2\C(=O)Nc3ccc(I)cc32)c(C)c1CCC(=O)O.Cc1[nH]c(C=O)c(C)c1CCC(=O)O. The van der Waals surface area contributed by atoms with Gasteiger partial charge in [0, 0.05) is 44.7 Å². The van der Waals surface area contributed by atoms with Crippen LogP contribution in [-0.2, 0) is 27.2 Å². The number of hydrogen-bond donors (Lipinski definition) is 5. The highest BCUT2D eigenvalue weighted by Crippen LogP contribution is 2.35. The normalized spacial score (nSPS) is 13.1. The fourth-order valence-corrected chi connectivity index (χ4v) is 5.05. The Kier molecular flexibility index (Phi) is 9.31. The van der Waals surface area contributed by atoms with Crippen LogP contribution in [0.15, 0.2) is 18.2 Å². The van der Waals surface area contributed by atoms with Gasteiger partial charge in [-0.2, -0.15) is 0 Å². The molecule has 0 fully saturated rings. The zero-order valence-corrected chi connectivity index (χ0v) is 23.8. The molecule has 3 aromatic rings. The molecule has 4 rings (SSSR count). The topological polar surface area (TPSA) is 152 Å². The maximum absolute atomic E-state index is 12.3. The van der Waals surface area contributed by atoms with Gasteiger partial charge in [0.2, 0.25) is 0 Å². The van der Waals surface area contributed by atoms with Gasteiger partial charge in [0.05, 0.1) is 11.3 Å². The number of anilines is 1. The number of amides is 1. The monoisotopic (exact) mass is 631 g/mol. The van der Waals surface area contributed by atoms with Crippen LogP contribution in [0.1, 0.15) is 68.2 Å². The number of H-pyrrole nitrogens is 2. The summed E-state index contributed by atoms with van der Waals surface area (Å²) in [4.78, 5) is 50.3. The summed E-state index contributed by atoms with van der Waals surface area (Å²) in [6.45, 7) is 7.55. The average Bonchev–Trinajstić information content (AvgIpc) is 3.41. The predicted molar refractivity (Wildman–Crippen MR) is 153 cm³/mol. The van der Waals surface area contributed by atoms with Crippen molar-refractivity contribution >= 4 is 64.1 Å². The standard InChI is InChI=1S/C18H17IN2O3.C10H13NO3/c1-9-12(4-6-17(22)23)10(2)20-16(9)8-14-13-7-11(19)3-5-15(13)21-18(14)24;1-6-8(3-4-10(13)14)7(2)11-9(6)5-12/h3,5,7-8,20H,4,6H2,1-2H3,(H,21,24)(H,22,23);5,11H,3-4H2,1-2H3,(H,13,14)/b14-8-;. The van der Waals surface area contributed by atoms with Gasteiger partial charge in [0.15, 0.2) is 6.29 Å². The number of fused-ring (bicyclic) bond motifs is 1. The lowest BCUT2D eigenvalue weighted by molar-refractivity contribution is -0.138.